The molecule has 46 heavy (non-hydrogen) atoms. The molecule has 14 heteroatoms. The van der Waals surface area contributed by atoms with Crippen molar-refractivity contribution in [2.45, 2.75) is 101 Å². The minimum Gasteiger partial charge on any atom is -0.505 e. The number of hydrogen-bond acceptors (Lipinski definition) is 5. The largest absolute Gasteiger partial charge is 0.505 e. The average molecular weight is 693 g/mol. The highest BCUT2D eigenvalue weighted by atomic mass is 35.5. The zero-order valence-corrected chi connectivity index (χ0v) is 26.3. The van der Waals surface area contributed by atoms with Crippen LogP contribution in [0, 0.1) is 5.92 Å². The first kappa shape index (κ1) is 35.9. The van der Waals surface area contributed by atoms with Crippen LogP contribution in [0.4, 0.5) is 22.0 Å². The zero-order chi connectivity index (χ0) is 33.6. The van der Waals surface area contributed by atoms with Crippen molar-refractivity contribution in [3.8, 4) is 5.75 Å². The number of carbonyl (C=O) groups excluding carboxylic acids is 3. The van der Waals surface area contributed by atoms with Gasteiger partial charge in [-0.25, -0.2) is 8.78 Å². The van der Waals surface area contributed by atoms with Gasteiger partial charge in [-0.05, 0) is 67.0 Å². The summed E-state index contributed by atoms with van der Waals surface area (Å²) in [6.45, 7) is 0. The maximum Gasteiger partial charge on any atom is 0.416 e. The van der Waals surface area contributed by atoms with Crippen LogP contribution in [0.25, 0.3) is 0 Å². The van der Waals surface area contributed by atoms with E-state index in [0.29, 0.717) is 6.07 Å². The van der Waals surface area contributed by atoms with E-state index in [-0.39, 0.29) is 40.4 Å². The fourth-order valence-electron chi connectivity index (χ4n) is 5.87. The first-order valence-corrected chi connectivity index (χ1v) is 16.0. The number of nitrogens with one attached hydrogen (secondary N) is 3. The van der Waals surface area contributed by atoms with E-state index < -0.39 is 65.2 Å². The summed E-state index contributed by atoms with van der Waals surface area (Å²) in [4.78, 5) is 40.2. The molecule has 4 N–H and O–H groups in total. The summed E-state index contributed by atoms with van der Waals surface area (Å²) >= 11 is 12.1. The highest BCUT2D eigenvalue weighted by molar-refractivity contribution is 6.38. The lowest BCUT2D eigenvalue weighted by Crippen LogP contribution is -2.56. The lowest BCUT2D eigenvalue weighted by atomic mass is 9.80. The van der Waals surface area contributed by atoms with Crippen LogP contribution in [0.5, 0.6) is 5.75 Å². The molecule has 0 heterocycles. The molecule has 2 aromatic carbocycles. The number of phenolic OH excluding ortho intramolecular Hbond substituents is 1. The van der Waals surface area contributed by atoms with E-state index in [4.69, 9.17) is 23.2 Å². The molecule has 2 fully saturated rings. The van der Waals surface area contributed by atoms with Gasteiger partial charge >= 0.3 is 6.18 Å². The van der Waals surface area contributed by atoms with Gasteiger partial charge in [0.05, 0.1) is 33.7 Å². The molecule has 3 atom stereocenters. The van der Waals surface area contributed by atoms with E-state index in [2.05, 4.69) is 16.0 Å². The van der Waals surface area contributed by atoms with E-state index in [1.807, 2.05) is 0 Å². The third-order valence-electron chi connectivity index (χ3n) is 8.63. The molecule has 2 saturated carbocycles. The Balaban J connectivity index is 1.62. The smallest absolute Gasteiger partial charge is 0.416 e. The van der Waals surface area contributed by atoms with Gasteiger partial charge in [0, 0.05) is 6.04 Å². The van der Waals surface area contributed by atoms with Gasteiger partial charge in [-0.2, -0.15) is 13.2 Å². The Morgan fingerprint density at radius 2 is 1.57 bits per heavy atom. The fraction of sp³-hybridized carbons (Fsp3) is 0.531. The monoisotopic (exact) mass is 691 g/mol. The molecule has 252 valence electrons. The van der Waals surface area contributed by atoms with Gasteiger partial charge in [-0.1, -0.05) is 73.9 Å². The molecular weight excluding hydrogens is 656 g/mol. The summed E-state index contributed by atoms with van der Waals surface area (Å²) in [6, 6.07) is 0.918. The van der Waals surface area contributed by atoms with Gasteiger partial charge in [0.2, 0.25) is 11.7 Å². The minimum atomic E-state index is -4.80. The van der Waals surface area contributed by atoms with Crippen molar-refractivity contribution in [2.75, 3.05) is 0 Å². The lowest BCUT2D eigenvalue weighted by molar-refractivity contribution is -0.141. The number of amides is 2. The van der Waals surface area contributed by atoms with Crippen molar-refractivity contribution in [2.24, 2.45) is 5.92 Å². The van der Waals surface area contributed by atoms with E-state index in [1.165, 1.54) is 12.1 Å². The number of halogens is 7. The molecule has 2 amide bonds. The summed E-state index contributed by atoms with van der Waals surface area (Å²) in [6.07, 6.45) is -1.41. The van der Waals surface area contributed by atoms with Crippen LogP contribution in [0.1, 0.15) is 80.5 Å². The Hall–Kier alpha value is -2.96. The topological polar surface area (TPSA) is 108 Å². The maximum atomic E-state index is 14.4. The number of ketones is 1. The Kier molecular flexibility index (Phi) is 12.3. The summed E-state index contributed by atoms with van der Waals surface area (Å²) in [7, 11) is 0. The number of carbonyl (C=O) groups is 3. The summed E-state index contributed by atoms with van der Waals surface area (Å²) in [5.74, 6) is -3.00. The molecule has 0 spiro atoms. The van der Waals surface area contributed by atoms with Crippen molar-refractivity contribution in [3.05, 3.63) is 63.1 Å². The van der Waals surface area contributed by atoms with Crippen molar-refractivity contribution in [1.29, 1.82) is 0 Å². The quantitative estimate of drug-likeness (QED) is 0.135. The Labute approximate surface area is 273 Å². The van der Waals surface area contributed by atoms with Crippen LogP contribution in [-0.2, 0) is 27.0 Å². The third kappa shape index (κ3) is 9.54. The van der Waals surface area contributed by atoms with E-state index in [9.17, 15) is 41.4 Å². The molecule has 0 radical (unpaired) electrons. The second-order valence-corrected chi connectivity index (χ2v) is 12.8. The summed E-state index contributed by atoms with van der Waals surface area (Å²) in [5.41, 5.74) is -1.33. The summed E-state index contributed by atoms with van der Waals surface area (Å²) < 4.78 is 69.1. The van der Waals surface area contributed by atoms with Crippen LogP contribution in [0.15, 0.2) is 36.4 Å². The number of benzene rings is 2. The van der Waals surface area contributed by atoms with Crippen LogP contribution in [-0.4, -0.2) is 47.3 Å². The van der Waals surface area contributed by atoms with Gasteiger partial charge in [-0.3, -0.25) is 19.7 Å². The molecular formula is C32H36Cl2F5N3O4. The molecule has 2 aromatic rings. The Morgan fingerprint density at radius 3 is 2.13 bits per heavy atom. The second kappa shape index (κ2) is 15.8. The normalized spacial score (nSPS) is 18.0. The number of aromatic hydroxyl groups is 1. The number of phenols is 1. The highest BCUT2D eigenvalue weighted by Crippen LogP contribution is 2.35. The first-order valence-electron chi connectivity index (χ1n) is 15.3. The van der Waals surface area contributed by atoms with Crippen molar-refractivity contribution < 1.29 is 41.4 Å². The summed E-state index contributed by atoms with van der Waals surface area (Å²) in [5, 5.41) is 17.4. The second-order valence-electron chi connectivity index (χ2n) is 12.0. The predicted molar refractivity (Wildman–Crippen MR) is 163 cm³/mol. The number of alkyl halides is 5. The molecule has 2 aliphatic carbocycles. The maximum absolute atomic E-state index is 14.4. The molecule has 0 aliphatic heterocycles. The molecule has 2 aliphatic rings. The fourth-order valence-corrected chi connectivity index (χ4v) is 6.40. The Bertz CT molecular complexity index is 1380. The molecule has 7 nitrogen and oxygen atoms in total. The van der Waals surface area contributed by atoms with Crippen molar-refractivity contribution >= 4 is 40.8 Å². The van der Waals surface area contributed by atoms with E-state index in [0.717, 1.165) is 69.6 Å². The van der Waals surface area contributed by atoms with Crippen LogP contribution in [0.3, 0.4) is 0 Å². The first-order chi connectivity index (χ1) is 21.7. The standard InChI is InChI=1S/C32H36Cl2F5N3O4/c33-22-12-18(13-23(34)27(22)43)15-25(41-26(29(35)36)19-8-5-9-20(16-19)32(37,38)39)30(45)42-24(14-17-6-4-7-17)28(44)31(46)40-21-10-2-1-3-11-21/h5,8-9,12-13,16-17,21,24-26,29,41,43H,1-4,6-7,10-11,14-15H2,(H,40,46)(H,42,45)/t24-,25-,26-/m0/s1. The van der Waals surface area contributed by atoms with Gasteiger partial charge in [-0.15, -0.1) is 0 Å². The van der Waals surface area contributed by atoms with Gasteiger partial charge in [0.25, 0.3) is 12.3 Å². The van der Waals surface area contributed by atoms with E-state index in [1.54, 1.807) is 0 Å². The molecule has 0 bridgehead atoms. The van der Waals surface area contributed by atoms with Gasteiger partial charge in [0.15, 0.2) is 5.75 Å². The van der Waals surface area contributed by atoms with E-state index >= 15 is 0 Å². The number of Topliss-reactive ketones (excluding diaryl/α,β-unsaturated/α-hetero) is 1. The van der Waals surface area contributed by atoms with Crippen molar-refractivity contribution in [3.63, 3.8) is 0 Å². The zero-order valence-electron chi connectivity index (χ0n) is 24.8. The SMILES string of the molecule is O=C(NC1CCCCC1)C(=O)[C@H](CC1CCC1)NC(=O)[C@H](Cc1cc(Cl)c(O)c(Cl)c1)N[C@@H](c1cccc(C(F)(F)F)c1)C(F)F. The van der Waals surface area contributed by atoms with Gasteiger partial charge in [0.1, 0.15) is 0 Å². The lowest BCUT2D eigenvalue weighted by Gasteiger charge is -2.31. The average Bonchev–Trinajstić information content (AvgIpc) is 2.98. The predicted octanol–water partition coefficient (Wildman–Crippen LogP) is 6.92. The van der Waals surface area contributed by atoms with Crippen LogP contribution < -0.4 is 16.0 Å². The third-order valence-corrected chi connectivity index (χ3v) is 9.21. The Morgan fingerprint density at radius 1 is 0.913 bits per heavy atom. The molecule has 0 unspecified atom stereocenters. The van der Waals surface area contributed by atoms with Crippen molar-refractivity contribution in [1.82, 2.24) is 16.0 Å². The highest BCUT2D eigenvalue weighted by Gasteiger charge is 2.37. The van der Waals surface area contributed by atoms with Crippen LogP contribution in [0.2, 0.25) is 10.0 Å². The molecule has 4 rings (SSSR count). The van der Waals surface area contributed by atoms with Gasteiger partial charge < -0.3 is 15.7 Å². The molecule has 0 saturated heterocycles. The number of hydrogen-bond donors (Lipinski definition) is 4. The molecule has 0 aromatic heterocycles. The van der Waals surface area contributed by atoms with Crippen LogP contribution >= 0.6 is 23.2 Å². The number of rotatable bonds is 13. The minimum absolute atomic E-state index is 0.0665.